The van der Waals surface area contributed by atoms with Crippen LogP contribution in [0.25, 0.3) is 0 Å². The highest BCUT2D eigenvalue weighted by atomic mass is 16.6. The van der Waals surface area contributed by atoms with Crippen LogP contribution in [-0.4, -0.2) is 44.9 Å². The molecule has 170 valence electrons. The Morgan fingerprint density at radius 3 is 2.10 bits per heavy atom. The van der Waals surface area contributed by atoms with Crippen molar-refractivity contribution in [3.63, 3.8) is 0 Å². The van der Waals surface area contributed by atoms with Gasteiger partial charge >= 0.3 is 11.9 Å². The number of carbonyl (C=O) groups excluding carboxylic acids is 2. The highest BCUT2D eigenvalue weighted by Gasteiger charge is 2.07. The summed E-state index contributed by atoms with van der Waals surface area (Å²) in [5.41, 5.74) is 1.51. The number of rotatable bonds is 18. The fourth-order valence-corrected chi connectivity index (χ4v) is 2.85. The van der Waals surface area contributed by atoms with E-state index in [-0.39, 0.29) is 31.8 Å². The third-order valence-electron chi connectivity index (χ3n) is 4.67. The van der Waals surface area contributed by atoms with Gasteiger partial charge in [0, 0.05) is 18.7 Å². The molecule has 1 aromatic carbocycles. The standard InChI is InChI=1S/C24H39NO5/c1-3-5-7-8-9-10-11-23(26)29-19-17-28-18-20-30-24(27)21-12-14-22(15-13-21)25-16-6-4-2/h12-15,25H,3-11,16-20H2,1-2H3. The number of nitrogens with one attached hydrogen (secondary N) is 1. The number of unbranched alkanes of at least 4 members (excludes halogenated alkanes) is 6. The topological polar surface area (TPSA) is 73.9 Å². The van der Waals surface area contributed by atoms with Crippen molar-refractivity contribution in [2.45, 2.75) is 71.6 Å². The van der Waals surface area contributed by atoms with E-state index >= 15 is 0 Å². The quantitative estimate of drug-likeness (QED) is 0.254. The zero-order valence-corrected chi connectivity index (χ0v) is 18.8. The van der Waals surface area contributed by atoms with Gasteiger partial charge in [-0.05, 0) is 37.1 Å². The Morgan fingerprint density at radius 1 is 0.767 bits per heavy atom. The molecule has 0 radical (unpaired) electrons. The number of hydrogen-bond donors (Lipinski definition) is 1. The van der Waals surface area contributed by atoms with Gasteiger partial charge in [-0.15, -0.1) is 0 Å². The number of benzene rings is 1. The Morgan fingerprint density at radius 2 is 1.40 bits per heavy atom. The third kappa shape index (κ3) is 13.2. The van der Waals surface area contributed by atoms with Crippen LogP contribution >= 0.6 is 0 Å². The molecule has 0 aliphatic carbocycles. The molecule has 0 aromatic heterocycles. The molecule has 30 heavy (non-hydrogen) atoms. The molecule has 6 heteroatoms. The summed E-state index contributed by atoms with van der Waals surface area (Å²) in [7, 11) is 0. The first-order valence-electron chi connectivity index (χ1n) is 11.4. The van der Waals surface area contributed by atoms with E-state index in [0.29, 0.717) is 18.6 Å². The van der Waals surface area contributed by atoms with Gasteiger partial charge in [-0.3, -0.25) is 4.79 Å². The van der Waals surface area contributed by atoms with E-state index in [4.69, 9.17) is 14.2 Å². The summed E-state index contributed by atoms with van der Waals surface area (Å²) in [5, 5.41) is 3.30. The van der Waals surface area contributed by atoms with Crippen LogP contribution in [0.15, 0.2) is 24.3 Å². The highest BCUT2D eigenvalue weighted by molar-refractivity contribution is 5.89. The SMILES string of the molecule is CCCCCCCCC(=O)OCCOCCOC(=O)c1ccc(NCCCC)cc1. The van der Waals surface area contributed by atoms with Crippen molar-refractivity contribution in [1.82, 2.24) is 0 Å². The largest absolute Gasteiger partial charge is 0.463 e. The van der Waals surface area contributed by atoms with E-state index in [2.05, 4.69) is 19.2 Å². The van der Waals surface area contributed by atoms with Gasteiger partial charge in [0.1, 0.15) is 13.2 Å². The molecular formula is C24H39NO5. The van der Waals surface area contributed by atoms with Crippen LogP contribution in [0.2, 0.25) is 0 Å². The summed E-state index contributed by atoms with van der Waals surface area (Å²) in [6, 6.07) is 7.26. The number of carbonyl (C=O) groups is 2. The summed E-state index contributed by atoms with van der Waals surface area (Å²) < 4.78 is 15.7. The maximum Gasteiger partial charge on any atom is 0.338 e. The first-order chi connectivity index (χ1) is 14.7. The van der Waals surface area contributed by atoms with Gasteiger partial charge in [-0.1, -0.05) is 52.4 Å². The molecular weight excluding hydrogens is 382 g/mol. The fraction of sp³-hybridized carbons (Fsp3) is 0.667. The van der Waals surface area contributed by atoms with Crippen LogP contribution in [0.4, 0.5) is 5.69 Å². The van der Waals surface area contributed by atoms with Gasteiger partial charge in [0.25, 0.3) is 0 Å². The Balaban J connectivity index is 2.00. The Bertz CT molecular complexity index is 573. The van der Waals surface area contributed by atoms with E-state index in [0.717, 1.165) is 37.9 Å². The monoisotopic (exact) mass is 421 g/mol. The molecule has 0 bridgehead atoms. The summed E-state index contributed by atoms with van der Waals surface area (Å²) in [4.78, 5) is 23.6. The average Bonchev–Trinajstić information content (AvgIpc) is 2.76. The van der Waals surface area contributed by atoms with Crippen LogP contribution in [0.3, 0.4) is 0 Å². The van der Waals surface area contributed by atoms with Gasteiger partial charge in [0.2, 0.25) is 0 Å². The first kappa shape index (κ1) is 26.0. The predicted octanol–water partition coefficient (Wildman–Crippen LogP) is 5.37. The minimum absolute atomic E-state index is 0.168. The molecule has 0 unspecified atom stereocenters. The number of esters is 2. The lowest BCUT2D eigenvalue weighted by molar-refractivity contribution is -0.145. The second kappa shape index (κ2) is 17.8. The molecule has 1 N–H and O–H groups in total. The molecule has 1 aromatic rings. The van der Waals surface area contributed by atoms with Crippen LogP contribution < -0.4 is 5.32 Å². The van der Waals surface area contributed by atoms with Gasteiger partial charge in [-0.2, -0.15) is 0 Å². The zero-order valence-electron chi connectivity index (χ0n) is 18.8. The molecule has 0 amide bonds. The van der Waals surface area contributed by atoms with E-state index in [1.54, 1.807) is 12.1 Å². The Kier molecular flexibility index (Phi) is 15.4. The number of hydrogen-bond acceptors (Lipinski definition) is 6. The average molecular weight is 422 g/mol. The molecule has 0 aliphatic heterocycles. The van der Waals surface area contributed by atoms with E-state index in [9.17, 15) is 9.59 Å². The van der Waals surface area contributed by atoms with Crippen molar-refractivity contribution in [3.8, 4) is 0 Å². The van der Waals surface area contributed by atoms with Crippen LogP contribution in [0, 0.1) is 0 Å². The van der Waals surface area contributed by atoms with Crippen LogP contribution in [-0.2, 0) is 19.0 Å². The second-order valence-electron chi connectivity index (χ2n) is 7.34. The molecule has 0 aliphatic rings. The fourth-order valence-electron chi connectivity index (χ4n) is 2.85. The lowest BCUT2D eigenvalue weighted by Crippen LogP contribution is -2.14. The summed E-state index contributed by atoms with van der Waals surface area (Å²) >= 11 is 0. The Hall–Kier alpha value is -2.08. The summed E-state index contributed by atoms with van der Waals surface area (Å²) in [5.74, 6) is -0.544. The van der Waals surface area contributed by atoms with Crippen molar-refractivity contribution < 1.29 is 23.8 Å². The van der Waals surface area contributed by atoms with E-state index in [1.807, 2.05) is 12.1 Å². The smallest absolute Gasteiger partial charge is 0.338 e. The molecule has 1 rings (SSSR count). The Labute approximate surface area is 181 Å². The molecule has 6 nitrogen and oxygen atoms in total. The zero-order chi connectivity index (χ0) is 21.9. The molecule has 0 saturated carbocycles. The van der Waals surface area contributed by atoms with E-state index < -0.39 is 0 Å². The maximum absolute atomic E-state index is 12.0. The normalized spacial score (nSPS) is 10.6. The van der Waals surface area contributed by atoms with Crippen molar-refractivity contribution in [1.29, 1.82) is 0 Å². The lowest BCUT2D eigenvalue weighted by Gasteiger charge is -2.08. The molecule has 0 spiro atoms. The van der Waals surface area contributed by atoms with Crippen molar-refractivity contribution in [2.75, 3.05) is 38.3 Å². The minimum atomic E-state index is -0.371. The maximum atomic E-state index is 12.0. The molecule has 0 fully saturated rings. The predicted molar refractivity (Wildman–Crippen MR) is 120 cm³/mol. The lowest BCUT2D eigenvalue weighted by atomic mass is 10.1. The molecule has 0 heterocycles. The van der Waals surface area contributed by atoms with Crippen LogP contribution in [0.1, 0.15) is 82.0 Å². The summed E-state index contributed by atoms with van der Waals surface area (Å²) in [6.45, 7) is 6.24. The van der Waals surface area contributed by atoms with Crippen molar-refractivity contribution in [3.05, 3.63) is 29.8 Å². The third-order valence-corrected chi connectivity index (χ3v) is 4.67. The van der Waals surface area contributed by atoms with Crippen molar-refractivity contribution >= 4 is 17.6 Å². The van der Waals surface area contributed by atoms with Crippen LogP contribution in [0.5, 0.6) is 0 Å². The molecule has 0 atom stereocenters. The first-order valence-corrected chi connectivity index (χ1v) is 11.4. The van der Waals surface area contributed by atoms with Crippen molar-refractivity contribution in [2.24, 2.45) is 0 Å². The summed E-state index contributed by atoms with van der Waals surface area (Å²) in [6.07, 6.45) is 9.60. The van der Waals surface area contributed by atoms with Gasteiger partial charge in [0.15, 0.2) is 0 Å². The van der Waals surface area contributed by atoms with Gasteiger partial charge in [0.05, 0.1) is 18.8 Å². The highest BCUT2D eigenvalue weighted by Crippen LogP contribution is 2.11. The minimum Gasteiger partial charge on any atom is -0.463 e. The number of anilines is 1. The second-order valence-corrected chi connectivity index (χ2v) is 7.34. The van der Waals surface area contributed by atoms with Gasteiger partial charge < -0.3 is 19.5 Å². The van der Waals surface area contributed by atoms with E-state index in [1.165, 1.54) is 25.7 Å². The van der Waals surface area contributed by atoms with Gasteiger partial charge in [-0.25, -0.2) is 4.79 Å². The molecule has 0 saturated heterocycles. The number of ether oxygens (including phenoxy) is 3.